The van der Waals surface area contributed by atoms with E-state index in [1.807, 2.05) is 19.9 Å². The van der Waals surface area contributed by atoms with Crippen LogP contribution in [0.15, 0.2) is 18.2 Å². The van der Waals surface area contributed by atoms with Crippen molar-refractivity contribution in [3.63, 3.8) is 0 Å². The Bertz CT molecular complexity index is 497. The summed E-state index contributed by atoms with van der Waals surface area (Å²) in [6.07, 6.45) is 5.07. The molecule has 0 radical (unpaired) electrons. The fourth-order valence-electron chi connectivity index (χ4n) is 1.75. The average Bonchev–Trinajstić information content (AvgIpc) is 2.43. The molecule has 1 rings (SSSR count). The van der Waals surface area contributed by atoms with Gasteiger partial charge in [0.2, 0.25) is 0 Å². The molecule has 0 bridgehead atoms. The highest BCUT2D eigenvalue weighted by Crippen LogP contribution is 2.28. The molecule has 0 spiro atoms. The standard InChI is InChI=1S/C15H19ClN2O2/c1-4-8-18-15(19)10-20-14-7-6-12(16)9-13(14)11(3)17-5-2/h1,6-7,9,11,17H,5,8,10H2,2-3H3,(H,18,19). The number of halogens is 1. The third-order valence-electron chi connectivity index (χ3n) is 2.70. The third-order valence-corrected chi connectivity index (χ3v) is 2.93. The van der Waals surface area contributed by atoms with Gasteiger partial charge >= 0.3 is 0 Å². The van der Waals surface area contributed by atoms with Crippen molar-refractivity contribution in [1.29, 1.82) is 0 Å². The van der Waals surface area contributed by atoms with Gasteiger partial charge in [0.15, 0.2) is 6.61 Å². The maximum atomic E-state index is 11.5. The summed E-state index contributed by atoms with van der Waals surface area (Å²) in [4.78, 5) is 11.5. The normalized spacial score (nSPS) is 11.5. The lowest BCUT2D eigenvalue weighted by Gasteiger charge is -2.18. The van der Waals surface area contributed by atoms with Gasteiger partial charge in [-0.15, -0.1) is 6.42 Å². The smallest absolute Gasteiger partial charge is 0.258 e. The molecule has 1 aromatic rings. The molecular formula is C15H19ClN2O2. The first-order chi connectivity index (χ1) is 9.58. The van der Waals surface area contributed by atoms with Crippen LogP contribution in [-0.4, -0.2) is 25.6 Å². The van der Waals surface area contributed by atoms with Gasteiger partial charge in [-0.05, 0) is 31.7 Å². The molecule has 1 aromatic carbocycles. The molecule has 0 aliphatic carbocycles. The predicted molar refractivity (Wildman–Crippen MR) is 80.9 cm³/mol. The van der Waals surface area contributed by atoms with Gasteiger partial charge in [-0.2, -0.15) is 0 Å². The number of ether oxygens (including phenoxy) is 1. The van der Waals surface area contributed by atoms with Crippen molar-refractivity contribution in [2.75, 3.05) is 19.7 Å². The van der Waals surface area contributed by atoms with E-state index in [1.54, 1.807) is 12.1 Å². The minimum atomic E-state index is -0.250. The van der Waals surface area contributed by atoms with Crippen LogP contribution in [0.25, 0.3) is 0 Å². The SMILES string of the molecule is C#CCNC(=O)COc1ccc(Cl)cc1C(C)NCC. The Labute approximate surface area is 124 Å². The summed E-state index contributed by atoms with van der Waals surface area (Å²) in [5.74, 6) is 2.72. The van der Waals surface area contributed by atoms with Crippen LogP contribution < -0.4 is 15.4 Å². The van der Waals surface area contributed by atoms with E-state index < -0.39 is 0 Å². The van der Waals surface area contributed by atoms with E-state index in [0.29, 0.717) is 10.8 Å². The lowest BCUT2D eigenvalue weighted by molar-refractivity contribution is -0.122. The van der Waals surface area contributed by atoms with Gasteiger partial charge < -0.3 is 15.4 Å². The van der Waals surface area contributed by atoms with Gasteiger partial charge in [0.05, 0.1) is 6.54 Å². The molecular weight excluding hydrogens is 276 g/mol. The van der Waals surface area contributed by atoms with Gasteiger partial charge in [0, 0.05) is 16.6 Å². The van der Waals surface area contributed by atoms with Crippen molar-refractivity contribution in [2.24, 2.45) is 0 Å². The molecule has 0 aromatic heterocycles. The molecule has 0 saturated heterocycles. The molecule has 20 heavy (non-hydrogen) atoms. The fraction of sp³-hybridized carbons (Fsp3) is 0.400. The lowest BCUT2D eigenvalue weighted by Crippen LogP contribution is -2.29. The van der Waals surface area contributed by atoms with Crippen LogP contribution in [0.4, 0.5) is 0 Å². The lowest BCUT2D eigenvalue weighted by atomic mass is 10.1. The predicted octanol–water partition coefficient (Wildman–Crippen LogP) is 2.14. The molecule has 5 heteroatoms. The molecule has 0 fully saturated rings. The summed E-state index contributed by atoms with van der Waals surface area (Å²) in [7, 11) is 0. The van der Waals surface area contributed by atoms with Gasteiger partial charge in [-0.1, -0.05) is 24.4 Å². The third kappa shape index (κ3) is 5.12. The van der Waals surface area contributed by atoms with Crippen molar-refractivity contribution < 1.29 is 9.53 Å². The van der Waals surface area contributed by atoms with E-state index in [2.05, 4.69) is 16.6 Å². The molecule has 1 unspecified atom stereocenters. The van der Waals surface area contributed by atoms with E-state index in [9.17, 15) is 4.79 Å². The van der Waals surface area contributed by atoms with E-state index in [0.717, 1.165) is 12.1 Å². The molecule has 0 aliphatic rings. The number of nitrogens with one attached hydrogen (secondary N) is 2. The second-order valence-corrected chi connectivity index (χ2v) is 4.67. The minimum absolute atomic E-state index is 0.0742. The summed E-state index contributed by atoms with van der Waals surface area (Å²) in [5, 5.41) is 6.46. The first-order valence-corrected chi connectivity index (χ1v) is 6.82. The summed E-state index contributed by atoms with van der Waals surface area (Å²) < 4.78 is 5.54. The number of carbonyl (C=O) groups is 1. The van der Waals surface area contributed by atoms with E-state index in [4.69, 9.17) is 22.8 Å². The highest BCUT2D eigenvalue weighted by Gasteiger charge is 2.12. The topological polar surface area (TPSA) is 50.4 Å². The van der Waals surface area contributed by atoms with Crippen LogP contribution >= 0.6 is 11.6 Å². The maximum Gasteiger partial charge on any atom is 0.258 e. The highest BCUT2D eigenvalue weighted by molar-refractivity contribution is 6.30. The number of amides is 1. The van der Waals surface area contributed by atoms with E-state index in [1.165, 1.54) is 0 Å². The molecule has 1 atom stereocenters. The Kier molecular flexibility index (Phi) is 6.92. The highest BCUT2D eigenvalue weighted by atomic mass is 35.5. The van der Waals surface area contributed by atoms with Crippen molar-refractivity contribution in [3.05, 3.63) is 28.8 Å². The summed E-state index contributed by atoms with van der Waals surface area (Å²) in [6.45, 7) is 4.99. The van der Waals surface area contributed by atoms with E-state index in [-0.39, 0.29) is 25.1 Å². The Hall–Kier alpha value is -1.70. The average molecular weight is 295 g/mol. The number of carbonyl (C=O) groups excluding carboxylic acids is 1. The molecule has 2 N–H and O–H groups in total. The van der Waals surface area contributed by atoms with Crippen LogP contribution in [0, 0.1) is 12.3 Å². The zero-order valence-electron chi connectivity index (χ0n) is 11.7. The second-order valence-electron chi connectivity index (χ2n) is 4.23. The first kappa shape index (κ1) is 16.4. The van der Waals surface area contributed by atoms with Gasteiger partial charge in [-0.3, -0.25) is 4.79 Å². The zero-order chi connectivity index (χ0) is 15.0. The summed E-state index contributed by atoms with van der Waals surface area (Å²) in [6, 6.07) is 5.42. The fourth-order valence-corrected chi connectivity index (χ4v) is 1.93. The molecule has 0 heterocycles. The van der Waals surface area contributed by atoms with E-state index >= 15 is 0 Å². The Morgan fingerprint density at radius 2 is 2.30 bits per heavy atom. The monoisotopic (exact) mass is 294 g/mol. The molecule has 1 amide bonds. The van der Waals surface area contributed by atoms with Gasteiger partial charge in [0.1, 0.15) is 5.75 Å². The number of benzene rings is 1. The molecule has 108 valence electrons. The number of hydrogen-bond acceptors (Lipinski definition) is 3. The van der Waals surface area contributed by atoms with Crippen molar-refractivity contribution in [2.45, 2.75) is 19.9 Å². The van der Waals surface area contributed by atoms with Gasteiger partial charge in [0.25, 0.3) is 5.91 Å². The van der Waals surface area contributed by atoms with Gasteiger partial charge in [-0.25, -0.2) is 0 Å². The molecule has 0 saturated carbocycles. The minimum Gasteiger partial charge on any atom is -0.483 e. The summed E-state index contributed by atoms with van der Waals surface area (Å²) in [5.41, 5.74) is 0.920. The molecule has 4 nitrogen and oxygen atoms in total. The van der Waals surface area contributed by atoms with Crippen LogP contribution in [-0.2, 0) is 4.79 Å². The zero-order valence-corrected chi connectivity index (χ0v) is 12.5. The number of rotatable bonds is 7. The Morgan fingerprint density at radius 3 is 2.95 bits per heavy atom. The van der Waals surface area contributed by atoms with Crippen molar-refractivity contribution in [3.8, 4) is 18.1 Å². The second kappa shape index (κ2) is 8.47. The maximum absolute atomic E-state index is 11.5. The molecule has 0 aliphatic heterocycles. The Balaban J connectivity index is 2.74. The van der Waals surface area contributed by atoms with Crippen LogP contribution in [0.3, 0.4) is 0 Å². The first-order valence-electron chi connectivity index (χ1n) is 6.44. The van der Waals surface area contributed by atoms with Crippen LogP contribution in [0.1, 0.15) is 25.5 Å². The largest absolute Gasteiger partial charge is 0.483 e. The quantitative estimate of drug-likeness (QED) is 0.758. The summed E-state index contributed by atoms with van der Waals surface area (Å²) >= 11 is 6.01. The number of terminal acetylenes is 1. The van der Waals surface area contributed by atoms with Crippen molar-refractivity contribution >= 4 is 17.5 Å². The van der Waals surface area contributed by atoms with Crippen LogP contribution in [0.2, 0.25) is 5.02 Å². The Morgan fingerprint density at radius 1 is 1.55 bits per heavy atom. The number of hydrogen-bond donors (Lipinski definition) is 2. The van der Waals surface area contributed by atoms with Crippen LogP contribution in [0.5, 0.6) is 5.75 Å². The van der Waals surface area contributed by atoms with Crippen molar-refractivity contribution in [1.82, 2.24) is 10.6 Å².